The zero-order valence-corrected chi connectivity index (χ0v) is 13.9. The van der Waals surface area contributed by atoms with Gasteiger partial charge in [0, 0.05) is 13.2 Å². The Morgan fingerprint density at radius 3 is 2.50 bits per heavy atom. The summed E-state index contributed by atoms with van der Waals surface area (Å²) in [5.41, 5.74) is 7.90. The normalized spacial score (nSPS) is 21.5. The van der Waals surface area contributed by atoms with Crippen LogP contribution in [0.4, 0.5) is 0 Å². The van der Waals surface area contributed by atoms with Gasteiger partial charge < -0.3 is 19.9 Å². The molecule has 1 atom stereocenters. The minimum absolute atomic E-state index is 0.191. The molecular formula is C19H25NO4. The Balaban J connectivity index is 1.80. The second-order valence-corrected chi connectivity index (χ2v) is 6.62. The summed E-state index contributed by atoms with van der Waals surface area (Å²) in [6, 6.07) is 8.01. The highest BCUT2D eigenvalue weighted by atomic mass is 16.5. The maximum Gasteiger partial charge on any atom is 0.314 e. The molecule has 0 aromatic heterocycles. The fourth-order valence-corrected chi connectivity index (χ4v) is 3.39. The van der Waals surface area contributed by atoms with Crippen LogP contribution in [0.2, 0.25) is 0 Å². The molecule has 5 heteroatoms. The molecule has 5 nitrogen and oxygen atoms in total. The van der Waals surface area contributed by atoms with Crippen LogP contribution < -0.4 is 5.73 Å². The largest absolute Gasteiger partial charge is 0.461 e. The summed E-state index contributed by atoms with van der Waals surface area (Å²) in [6.45, 7) is 6.31. The molecule has 2 heterocycles. The lowest BCUT2D eigenvalue weighted by molar-refractivity contribution is -0.146. The molecular weight excluding hydrogens is 306 g/mol. The van der Waals surface area contributed by atoms with E-state index in [4.69, 9.17) is 19.9 Å². The first-order chi connectivity index (χ1) is 11.6. The molecule has 0 saturated carbocycles. The second kappa shape index (κ2) is 7.47. The quantitative estimate of drug-likeness (QED) is 0.638. The molecule has 0 spiro atoms. The van der Waals surface area contributed by atoms with E-state index < -0.39 is 5.54 Å². The number of hydrogen-bond acceptors (Lipinski definition) is 5. The lowest BCUT2D eigenvalue weighted by Gasteiger charge is -2.38. The average molecular weight is 331 g/mol. The number of esters is 1. The lowest BCUT2D eigenvalue weighted by Crippen LogP contribution is -2.54. The van der Waals surface area contributed by atoms with Gasteiger partial charge in [-0.1, -0.05) is 36.9 Å². The Kier molecular flexibility index (Phi) is 5.33. The molecule has 2 fully saturated rings. The molecule has 130 valence electrons. The predicted molar refractivity (Wildman–Crippen MR) is 90.6 cm³/mol. The van der Waals surface area contributed by atoms with Crippen molar-refractivity contribution in [3.05, 3.63) is 48.0 Å². The molecule has 0 aliphatic carbocycles. The summed E-state index contributed by atoms with van der Waals surface area (Å²) in [5, 5.41) is 0. The molecule has 0 radical (unpaired) electrons. The van der Waals surface area contributed by atoms with E-state index in [1.165, 1.54) is 0 Å². The zero-order chi connectivity index (χ0) is 17.0. The Morgan fingerprint density at radius 2 is 1.96 bits per heavy atom. The number of nitrogens with two attached hydrogens (primary N) is 1. The van der Waals surface area contributed by atoms with Gasteiger partial charge in [0.2, 0.25) is 0 Å². The second-order valence-electron chi connectivity index (χ2n) is 6.62. The van der Waals surface area contributed by atoms with Gasteiger partial charge in [-0.25, -0.2) is 0 Å². The van der Waals surface area contributed by atoms with Crippen molar-refractivity contribution in [3.63, 3.8) is 0 Å². The number of benzene rings is 1. The molecule has 1 unspecified atom stereocenters. The standard InChI is InChI=1S/C19H25NO4/c1-2-9-24-18(21)17(15-7-10-22-11-8-15)14-3-5-16(6-4-14)19(20)12-23-13-19/h2-6,15,17H,1,7-13,20H2. The van der Waals surface area contributed by atoms with Gasteiger partial charge in [-0.15, -0.1) is 0 Å². The van der Waals surface area contributed by atoms with E-state index in [2.05, 4.69) is 6.58 Å². The number of carbonyl (C=O) groups excluding carboxylic acids is 1. The van der Waals surface area contributed by atoms with Crippen molar-refractivity contribution in [1.82, 2.24) is 0 Å². The van der Waals surface area contributed by atoms with E-state index in [1.54, 1.807) is 6.08 Å². The van der Waals surface area contributed by atoms with Crippen LogP contribution in [0.25, 0.3) is 0 Å². The van der Waals surface area contributed by atoms with Gasteiger partial charge in [0.15, 0.2) is 0 Å². The van der Waals surface area contributed by atoms with Crippen molar-refractivity contribution in [2.75, 3.05) is 33.0 Å². The molecule has 1 aromatic rings. The van der Waals surface area contributed by atoms with Crippen molar-refractivity contribution in [3.8, 4) is 0 Å². The molecule has 3 rings (SSSR count). The Morgan fingerprint density at radius 1 is 1.29 bits per heavy atom. The predicted octanol–water partition coefficient (Wildman–Crippen LogP) is 2.11. The third-order valence-corrected chi connectivity index (χ3v) is 4.90. The van der Waals surface area contributed by atoms with E-state index in [1.807, 2.05) is 24.3 Å². The van der Waals surface area contributed by atoms with Gasteiger partial charge >= 0.3 is 5.97 Å². The first-order valence-corrected chi connectivity index (χ1v) is 8.46. The highest BCUT2D eigenvalue weighted by molar-refractivity contribution is 5.78. The number of ether oxygens (including phenoxy) is 3. The topological polar surface area (TPSA) is 70.8 Å². The highest BCUT2D eigenvalue weighted by Crippen LogP contribution is 2.35. The molecule has 2 aliphatic heterocycles. The van der Waals surface area contributed by atoms with Crippen LogP contribution in [0, 0.1) is 5.92 Å². The van der Waals surface area contributed by atoms with Gasteiger partial charge in [-0.05, 0) is 29.9 Å². The third kappa shape index (κ3) is 3.53. The number of carbonyl (C=O) groups is 1. The minimum atomic E-state index is -0.393. The first kappa shape index (κ1) is 17.1. The van der Waals surface area contributed by atoms with Crippen LogP contribution in [-0.4, -0.2) is 39.0 Å². The summed E-state index contributed by atoms with van der Waals surface area (Å²) in [7, 11) is 0. The van der Waals surface area contributed by atoms with E-state index in [9.17, 15) is 4.79 Å². The average Bonchev–Trinajstić information content (AvgIpc) is 2.59. The molecule has 0 bridgehead atoms. The third-order valence-electron chi connectivity index (χ3n) is 4.90. The summed E-state index contributed by atoms with van der Waals surface area (Å²) in [6.07, 6.45) is 3.32. The SMILES string of the molecule is C=CCOC(=O)C(c1ccc(C2(N)COC2)cc1)C1CCOCC1. The van der Waals surface area contributed by atoms with E-state index in [0.717, 1.165) is 24.0 Å². The Bertz CT molecular complexity index is 574. The van der Waals surface area contributed by atoms with Gasteiger partial charge in [0.1, 0.15) is 6.61 Å². The Labute approximate surface area is 142 Å². The van der Waals surface area contributed by atoms with Crippen LogP contribution in [0.1, 0.15) is 29.9 Å². The molecule has 2 aliphatic rings. The zero-order valence-electron chi connectivity index (χ0n) is 13.9. The Hall–Kier alpha value is -1.69. The summed E-state index contributed by atoms with van der Waals surface area (Å²) in [4.78, 5) is 12.6. The van der Waals surface area contributed by atoms with Crippen LogP contribution in [0.15, 0.2) is 36.9 Å². The van der Waals surface area contributed by atoms with Crippen molar-refractivity contribution >= 4 is 5.97 Å². The van der Waals surface area contributed by atoms with Crippen molar-refractivity contribution in [2.45, 2.75) is 24.3 Å². The lowest BCUT2D eigenvalue weighted by atomic mass is 9.80. The van der Waals surface area contributed by atoms with Crippen molar-refractivity contribution < 1.29 is 19.0 Å². The maximum absolute atomic E-state index is 12.6. The fourth-order valence-electron chi connectivity index (χ4n) is 3.39. The molecule has 2 N–H and O–H groups in total. The van der Waals surface area contributed by atoms with Gasteiger partial charge in [0.05, 0.1) is 24.7 Å². The highest BCUT2D eigenvalue weighted by Gasteiger charge is 2.37. The fraction of sp³-hybridized carbons (Fsp3) is 0.526. The van der Waals surface area contributed by atoms with Gasteiger partial charge in [-0.2, -0.15) is 0 Å². The van der Waals surface area contributed by atoms with E-state index >= 15 is 0 Å². The van der Waals surface area contributed by atoms with E-state index in [-0.39, 0.29) is 24.4 Å². The van der Waals surface area contributed by atoms with Crippen LogP contribution in [-0.2, 0) is 24.5 Å². The summed E-state index contributed by atoms with van der Waals surface area (Å²) < 4.78 is 16.0. The van der Waals surface area contributed by atoms with Gasteiger partial charge in [0.25, 0.3) is 0 Å². The summed E-state index contributed by atoms with van der Waals surface area (Å²) in [5.74, 6) is -0.223. The number of rotatable bonds is 6. The minimum Gasteiger partial charge on any atom is -0.461 e. The number of hydrogen-bond donors (Lipinski definition) is 1. The van der Waals surface area contributed by atoms with Crippen LogP contribution >= 0.6 is 0 Å². The first-order valence-electron chi connectivity index (χ1n) is 8.46. The van der Waals surface area contributed by atoms with Gasteiger partial charge in [-0.3, -0.25) is 4.79 Å². The van der Waals surface area contributed by atoms with Crippen LogP contribution in [0.5, 0.6) is 0 Å². The smallest absolute Gasteiger partial charge is 0.314 e. The monoisotopic (exact) mass is 331 g/mol. The van der Waals surface area contributed by atoms with Crippen molar-refractivity contribution in [1.29, 1.82) is 0 Å². The molecule has 24 heavy (non-hydrogen) atoms. The van der Waals surface area contributed by atoms with Crippen molar-refractivity contribution in [2.24, 2.45) is 11.7 Å². The molecule has 2 saturated heterocycles. The van der Waals surface area contributed by atoms with E-state index in [0.29, 0.717) is 26.4 Å². The van der Waals surface area contributed by atoms with Crippen LogP contribution in [0.3, 0.4) is 0 Å². The maximum atomic E-state index is 12.6. The molecule has 1 aromatic carbocycles. The molecule has 0 amide bonds. The summed E-state index contributed by atoms with van der Waals surface area (Å²) >= 11 is 0.